The monoisotopic (exact) mass is 689 g/mol. The summed E-state index contributed by atoms with van der Waals surface area (Å²) in [4.78, 5) is 15.0. The molecule has 0 aromatic heterocycles. The molecule has 2 heterocycles. The van der Waals surface area contributed by atoms with Crippen molar-refractivity contribution in [1.29, 1.82) is 0 Å². The number of carbonyl (C=O) groups is 1. The van der Waals surface area contributed by atoms with E-state index in [1.165, 1.54) is 18.4 Å². The van der Waals surface area contributed by atoms with Crippen LogP contribution >= 0.6 is 12.4 Å². The van der Waals surface area contributed by atoms with Crippen molar-refractivity contribution in [3.63, 3.8) is 0 Å². The summed E-state index contributed by atoms with van der Waals surface area (Å²) in [6, 6.07) is 4.19. The first-order chi connectivity index (χ1) is 20.4. The number of alkyl halides is 6. The van der Waals surface area contributed by atoms with Crippen molar-refractivity contribution in [2.45, 2.75) is 57.0 Å². The zero-order valence-corrected chi connectivity index (χ0v) is 26.4. The number of hydrogen-bond acceptors (Lipinski definition) is 4. The van der Waals surface area contributed by atoms with Crippen LogP contribution < -0.4 is 10.6 Å². The standard InChI is InChI=1S/C29H35F7N4O3S.ClH/c1-19-14-23(30)5-6-25(19)26-18-24(40(44(2,42)43)12-9-37-10-13-40)7-11-39(26)27(41)38-8-3-4-20-15-21(28(31,32)33)17-22(16-20)29(34,35)36;/h5-6,14-17,24,26,37H,3-4,7-13,18H2,1-2H3;1H/p+1/t24-,26+;/m0./s1. The van der Waals surface area contributed by atoms with E-state index in [9.17, 15) is 43.9 Å². The van der Waals surface area contributed by atoms with Crippen molar-refractivity contribution in [2.75, 3.05) is 45.5 Å². The van der Waals surface area contributed by atoms with Gasteiger partial charge in [0.05, 0.1) is 23.4 Å². The van der Waals surface area contributed by atoms with E-state index in [-0.39, 0.29) is 59.9 Å². The molecule has 0 spiro atoms. The average molecular weight is 690 g/mol. The van der Waals surface area contributed by atoms with E-state index in [2.05, 4.69) is 10.6 Å². The molecular formula is C29H37ClF7N4O3S+. The van der Waals surface area contributed by atoms with E-state index in [1.54, 1.807) is 17.9 Å². The van der Waals surface area contributed by atoms with Gasteiger partial charge in [0.1, 0.15) is 24.9 Å². The van der Waals surface area contributed by atoms with Gasteiger partial charge in [-0.1, -0.05) is 6.07 Å². The van der Waals surface area contributed by atoms with E-state index >= 15 is 0 Å². The van der Waals surface area contributed by atoms with Gasteiger partial charge >= 0.3 is 18.4 Å². The summed E-state index contributed by atoms with van der Waals surface area (Å²) < 4.78 is 119. The van der Waals surface area contributed by atoms with Crippen molar-refractivity contribution >= 4 is 28.5 Å². The van der Waals surface area contributed by atoms with Crippen LogP contribution in [0, 0.1) is 12.7 Å². The van der Waals surface area contributed by atoms with Crippen molar-refractivity contribution in [2.24, 2.45) is 0 Å². The smallest absolute Gasteiger partial charge is 0.338 e. The predicted octanol–water partition coefficient (Wildman–Crippen LogP) is 5.82. The van der Waals surface area contributed by atoms with Gasteiger partial charge < -0.3 is 15.5 Å². The Kier molecular flexibility index (Phi) is 11.5. The molecule has 0 unspecified atom stereocenters. The number of urea groups is 1. The van der Waals surface area contributed by atoms with Gasteiger partial charge in [0.2, 0.25) is 0 Å². The number of benzene rings is 2. The number of nitrogens with one attached hydrogen (secondary N) is 2. The molecule has 0 aliphatic carbocycles. The molecule has 7 nitrogen and oxygen atoms in total. The largest absolute Gasteiger partial charge is 0.416 e. The molecule has 2 aliphatic rings. The fraction of sp³-hybridized carbons (Fsp3) is 0.552. The Labute approximate surface area is 264 Å². The van der Waals surface area contributed by atoms with Crippen LogP contribution in [-0.2, 0) is 28.8 Å². The van der Waals surface area contributed by atoms with Crippen LogP contribution in [0.4, 0.5) is 35.5 Å². The number of aryl methyl sites for hydroxylation is 2. The lowest BCUT2D eigenvalue weighted by Gasteiger charge is -2.49. The number of quaternary nitrogens is 1. The summed E-state index contributed by atoms with van der Waals surface area (Å²) in [6.45, 7) is 3.65. The molecule has 2 fully saturated rings. The molecule has 0 bridgehead atoms. The molecule has 252 valence electrons. The van der Waals surface area contributed by atoms with Crippen LogP contribution in [0.25, 0.3) is 0 Å². The fourth-order valence-corrected chi connectivity index (χ4v) is 8.00. The second kappa shape index (κ2) is 14.0. The molecular weight excluding hydrogens is 653 g/mol. The van der Waals surface area contributed by atoms with Crippen molar-refractivity contribution in [1.82, 2.24) is 15.5 Å². The average Bonchev–Trinajstić information content (AvgIpc) is 2.93. The maximum absolute atomic E-state index is 14.0. The second-order valence-corrected chi connectivity index (χ2v) is 13.7. The van der Waals surface area contributed by atoms with Crippen LogP contribution in [0.1, 0.15) is 53.1 Å². The Morgan fingerprint density at radius 3 is 2.16 bits per heavy atom. The minimum absolute atomic E-state index is 0. The highest BCUT2D eigenvalue weighted by Gasteiger charge is 2.50. The van der Waals surface area contributed by atoms with Crippen LogP contribution in [-0.4, -0.2) is 74.8 Å². The van der Waals surface area contributed by atoms with Crippen LogP contribution in [0.3, 0.4) is 0 Å². The Bertz CT molecular complexity index is 1430. The maximum atomic E-state index is 14.0. The third kappa shape index (κ3) is 8.40. The fourth-order valence-electron chi connectivity index (χ4n) is 6.42. The summed E-state index contributed by atoms with van der Waals surface area (Å²) in [7, 11) is -3.54. The number of rotatable bonds is 7. The Morgan fingerprint density at radius 1 is 1.02 bits per heavy atom. The van der Waals surface area contributed by atoms with E-state index in [0.29, 0.717) is 62.3 Å². The topological polar surface area (TPSA) is 78.5 Å². The predicted molar refractivity (Wildman–Crippen MR) is 157 cm³/mol. The molecule has 4 rings (SSSR count). The normalized spacial score (nSPS) is 20.8. The van der Waals surface area contributed by atoms with Crippen LogP contribution in [0.2, 0.25) is 0 Å². The minimum Gasteiger partial charge on any atom is -0.338 e. The number of piperazine rings is 1. The molecule has 2 saturated heterocycles. The van der Waals surface area contributed by atoms with Crippen molar-refractivity contribution in [3.05, 3.63) is 70.0 Å². The molecule has 2 amide bonds. The summed E-state index contributed by atoms with van der Waals surface area (Å²) in [6.07, 6.45) is -8.06. The molecule has 45 heavy (non-hydrogen) atoms. The van der Waals surface area contributed by atoms with Gasteiger partial charge in [0.25, 0.3) is 10.0 Å². The molecule has 2 atom stereocenters. The highest BCUT2D eigenvalue weighted by atomic mass is 35.5. The molecule has 16 heteroatoms. The zero-order valence-electron chi connectivity index (χ0n) is 24.8. The molecule has 2 N–H and O–H groups in total. The van der Waals surface area contributed by atoms with Crippen LogP contribution in [0.5, 0.6) is 0 Å². The Hall–Kier alpha value is -2.62. The SMILES string of the molecule is Cc1cc(F)ccc1[C@H]1C[C@@H]([N+]2(S(C)(=O)=O)CCNCC2)CCN1C(=O)NCCCc1cc(C(F)(F)F)cc(C(F)(F)F)c1.Cl. The highest BCUT2D eigenvalue weighted by Crippen LogP contribution is 2.40. The number of piperidine rings is 1. The van der Waals surface area contributed by atoms with Crippen molar-refractivity contribution in [3.8, 4) is 0 Å². The lowest BCUT2D eigenvalue weighted by molar-refractivity contribution is -0.837. The van der Waals surface area contributed by atoms with Gasteiger partial charge in [-0.05, 0) is 66.8 Å². The van der Waals surface area contributed by atoms with E-state index in [0.717, 1.165) is 0 Å². The summed E-state index contributed by atoms with van der Waals surface area (Å²) in [5.74, 6) is -0.459. The van der Waals surface area contributed by atoms with Gasteiger partial charge in [-0.25, -0.2) is 13.1 Å². The maximum Gasteiger partial charge on any atom is 0.416 e. The zero-order chi connectivity index (χ0) is 32.5. The Balaban J connectivity index is 0.00000552. The van der Waals surface area contributed by atoms with Gasteiger partial charge in [0, 0.05) is 39.0 Å². The first-order valence-electron chi connectivity index (χ1n) is 14.3. The lowest BCUT2D eigenvalue weighted by Crippen LogP contribution is -2.68. The number of nitrogens with zero attached hydrogens (tertiary/aromatic N) is 2. The molecule has 0 saturated carbocycles. The first kappa shape index (κ1) is 36.8. The lowest BCUT2D eigenvalue weighted by atomic mass is 9.88. The first-order valence-corrected chi connectivity index (χ1v) is 16.1. The van der Waals surface area contributed by atoms with Gasteiger partial charge in [-0.3, -0.25) is 0 Å². The summed E-state index contributed by atoms with van der Waals surface area (Å²) in [5, 5.41) is 5.90. The number of halogens is 8. The van der Waals surface area contributed by atoms with Gasteiger partial charge in [0.15, 0.2) is 0 Å². The summed E-state index contributed by atoms with van der Waals surface area (Å²) in [5.41, 5.74) is -1.70. The van der Waals surface area contributed by atoms with E-state index in [4.69, 9.17) is 0 Å². The van der Waals surface area contributed by atoms with Gasteiger partial charge in [-0.15, -0.1) is 12.4 Å². The molecule has 0 radical (unpaired) electrons. The number of hydrogen-bond donors (Lipinski definition) is 2. The van der Waals surface area contributed by atoms with Crippen LogP contribution in [0.15, 0.2) is 36.4 Å². The van der Waals surface area contributed by atoms with Gasteiger partial charge in [-0.2, -0.15) is 34.8 Å². The minimum atomic E-state index is -4.95. The number of likely N-dealkylation sites (tertiary alicyclic amines) is 1. The molecule has 2 aliphatic heterocycles. The number of amides is 2. The summed E-state index contributed by atoms with van der Waals surface area (Å²) >= 11 is 0. The number of carbonyl (C=O) groups excluding carboxylic acids is 1. The number of sulfonamides is 1. The second-order valence-electron chi connectivity index (χ2n) is 11.5. The molecule has 2 aromatic rings. The Morgan fingerprint density at radius 2 is 1.62 bits per heavy atom. The van der Waals surface area contributed by atoms with Crippen molar-refractivity contribution < 1.29 is 47.8 Å². The quantitative estimate of drug-likeness (QED) is 0.218. The molecule has 2 aromatic carbocycles. The van der Waals surface area contributed by atoms with E-state index in [1.807, 2.05) is 0 Å². The van der Waals surface area contributed by atoms with E-state index < -0.39 is 51.4 Å². The highest BCUT2D eigenvalue weighted by molar-refractivity contribution is 7.85. The third-order valence-corrected chi connectivity index (χ3v) is 10.6. The third-order valence-electron chi connectivity index (χ3n) is 8.65.